The van der Waals surface area contributed by atoms with Gasteiger partial charge in [0.15, 0.2) is 0 Å². The normalized spacial score (nSPS) is 24.9. The molecule has 80 valence electrons. The van der Waals surface area contributed by atoms with E-state index in [1.807, 2.05) is 38.1 Å². The minimum absolute atomic E-state index is 0.0162. The molecule has 1 aromatic carbocycles. The predicted octanol–water partition coefficient (Wildman–Crippen LogP) is 1.52. The maximum atomic E-state index is 9.15. The highest BCUT2D eigenvalue weighted by molar-refractivity contribution is 5.95. The van der Waals surface area contributed by atoms with Crippen LogP contribution in [-0.4, -0.2) is 29.8 Å². The third-order valence-corrected chi connectivity index (χ3v) is 2.53. The molecular formula is C12H15NO2. The fourth-order valence-electron chi connectivity index (χ4n) is 1.46. The Hall–Kier alpha value is -1.35. The lowest BCUT2D eigenvalue weighted by Gasteiger charge is -2.12. The van der Waals surface area contributed by atoms with Gasteiger partial charge in [0, 0.05) is 5.56 Å². The van der Waals surface area contributed by atoms with E-state index in [0.29, 0.717) is 12.5 Å². The molecule has 0 amide bonds. The van der Waals surface area contributed by atoms with Crippen molar-refractivity contribution in [3.63, 3.8) is 0 Å². The van der Waals surface area contributed by atoms with E-state index in [9.17, 15) is 0 Å². The molecule has 1 aromatic rings. The Balaban J connectivity index is 2.26. The highest BCUT2D eigenvalue weighted by atomic mass is 16.5. The van der Waals surface area contributed by atoms with Crippen LogP contribution in [0.5, 0.6) is 0 Å². The fraction of sp³-hybridized carbons (Fsp3) is 0.417. The number of benzene rings is 1. The molecule has 3 nitrogen and oxygen atoms in total. The Morgan fingerprint density at radius 3 is 2.60 bits per heavy atom. The molecule has 1 unspecified atom stereocenters. The molecule has 1 N–H and O–H groups in total. The zero-order chi connectivity index (χ0) is 10.9. The number of aryl methyl sites for hydroxylation is 1. The highest BCUT2D eigenvalue weighted by Crippen LogP contribution is 2.20. The summed E-state index contributed by atoms with van der Waals surface area (Å²) >= 11 is 0. The van der Waals surface area contributed by atoms with Crippen LogP contribution in [0.1, 0.15) is 18.1 Å². The van der Waals surface area contributed by atoms with Crippen molar-refractivity contribution in [1.82, 2.24) is 0 Å². The molecular weight excluding hydrogens is 190 g/mol. The lowest BCUT2D eigenvalue weighted by atomic mass is 10.1. The van der Waals surface area contributed by atoms with Gasteiger partial charge in [-0.1, -0.05) is 17.7 Å². The number of hydrogen-bond acceptors (Lipinski definition) is 3. The standard InChI is InChI=1S/C12H15NO2/c1-9-3-5-10(6-4-9)11-13-12(2,7-14)8-15-11/h3-6,14H,7-8H2,1-2H3. The molecule has 0 fully saturated rings. The van der Waals surface area contributed by atoms with Crippen LogP contribution in [0.25, 0.3) is 0 Å². The zero-order valence-corrected chi connectivity index (χ0v) is 9.03. The Labute approximate surface area is 89.4 Å². The summed E-state index contributed by atoms with van der Waals surface area (Å²) in [7, 11) is 0. The molecule has 1 heterocycles. The summed E-state index contributed by atoms with van der Waals surface area (Å²) in [5, 5.41) is 9.15. The van der Waals surface area contributed by atoms with Crippen LogP contribution < -0.4 is 0 Å². The molecule has 1 aliphatic rings. The number of nitrogens with zero attached hydrogens (tertiary/aromatic N) is 1. The molecule has 2 rings (SSSR count). The molecule has 1 aliphatic heterocycles. The first-order valence-corrected chi connectivity index (χ1v) is 5.03. The summed E-state index contributed by atoms with van der Waals surface area (Å²) in [4.78, 5) is 4.38. The topological polar surface area (TPSA) is 41.8 Å². The Kier molecular flexibility index (Phi) is 2.49. The van der Waals surface area contributed by atoms with Gasteiger partial charge in [-0.3, -0.25) is 0 Å². The number of aliphatic imine (C=N–C) groups is 1. The van der Waals surface area contributed by atoms with E-state index < -0.39 is 5.54 Å². The Bertz CT molecular complexity index is 383. The van der Waals surface area contributed by atoms with Crippen LogP contribution in [0.2, 0.25) is 0 Å². The van der Waals surface area contributed by atoms with Gasteiger partial charge in [-0.2, -0.15) is 0 Å². The second-order valence-corrected chi connectivity index (χ2v) is 4.23. The number of aliphatic hydroxyl groups is 1. The minimum Gasteiger partial charge on any atom is -0.475 e. The van der Waals surface area contributed by atoms with Crippen molar-refractivity contribution in [1.29, 1.82) is 0 Å². The van der Waals surface area contributed by atoms with E-state index >= 15 is 0 Å². The summed E-state index contributed by atoms with van der Waals surface area (Å²) in [6, 6.07) is 8.01. The third-order valence-electron chi connectivity index (χ3n) is 2.53. The second-order valence-electron chi connectivity index (χ2n) is 4.23. The summed E-state index contributed by atoms with van der Waals surface area (Å²) in [5.74, 6) is 0.631. The first-order valence-electron chi connectivity index (χ1n) is 5.03. The van der Waals surface area contributed by atoms with Crippen LogP contribution in [0.4, 0.5) is 0 Å². The lowest BCUT2D eigenvalue weighted by molar-refractivity contribution is 0.170. The van der Waals surface area contributed by atoms with E-state index in [1.165, 1.54) is 5.56 Å². The molecule has 0 radical (unpaired) electrons. The minimum atomic E-state index is -0.472. The SMILES string of the molecule is Cc1ccc(C2=NC(C)(CO)CO2)cc1. The second kappa shape index (κ2) is 3.66. The van der Waals surface area contributed by atoms with Crippen LogP contribution in [0.3, 0.4) is 0 Å². The maximum Gasteiger partial charge on any atom is 0.216 e. The summed E-state index contributed by atoms with van der Waals surface area (Å²) in [6.07, 6.45) is 0. The van der Waals surface area contributed by atoms with Crippen molar-refractivity contribution < 1.29 is 9.84 Å². The largest absolute Gasteiger partial charge is 0.475 e. The third kappa shape index (κ3) is 2.02. The van der Waals surface area contributed by atoms with E-state index in [2.05, 4.69) is 4.99 Å². The Morgan fingerprint density at radius 1 is 1.40 bits per heavy atom. The van der Waals surface area contributed by atoms with E-state index in [1.54, 1.807) is 0 Å². The molecule has 15 heavy (non-hydrogen) atoms. The van der Waals surface area contributed by atoms with E-state index in [-0.39, 0.29) is 6.61 Å². The van der Waals surface area contributed by atoms with Crippen molar-refractivity contribution in [2.75, 3.05) is 13.2 Å². The first-order chi connectivity index (χ1) is 7.13. The quantitative estimate of drug-likeness (QED) is 0.795. The van der Waals surface area contributed by atoms with E-state index in [4.69, 9.17) is 9.84 Å². The van der Waals surface area contributed by atoms with Crippen molar-refractivity contribution in [2.24, 2.45) is 4.99 Å². The van der Waals surface area contributed by atoms with Crippen molar-refractivity contribution in [3.8, 4) is 0 Å². The van der Waals surface area contributed by atoms with Gasteiger partial charge in [-0.15, -0.1) is 0 Å². The molecule has 1 atom stereocenters. The smallest absolute Gasteiger partial charge is 0.216 e. The van der Waals surface area contributed by atoms with Crippen molar-refractivity contribution in [2.45, 2.75) is 19.4 Å². The molecule has 0 saturated heterocycles. The van der Waals surface area contributed by atoms with E-state index in [0.717, 1.165) is 5.56 Å². The lowest BCUT2D eigenvalue weighted by Crippen LogP contribution is -2.28. The maximum absolute atomic E-state index is 9.15. The molecule has 0 spiro atoms. The average molecular weight is 205 g/mol. The Morgan fingerprint density at radius 2 is 2.07 bits per heavy atom. The van der Waals surface area contributed by atoms with Gasteiger partial charge in [0.1, 0.15) is 12.1 Å². The van der Waals surface area contributed by atoms with Crippen LogP contribution >= 0.6 is 0 Å². The molecule has 3 heteroatoms. The number of rotatable bonds is 2. The molecule has 0 aliphatic carbocycles. The van der Waals surface area contributed by atoms with Crippen molar-refractivity contribution in [3.05, 3.63) is 35.4 Å². The van der Waals surface area contributed by atoms with Gasteiger partial charge in [0.25, 0.3) is 0 Å². The van der Waals surface area contributed by atoms with Crippen LogP contribution in [0, 0.1) is 6.92 Å². The zero-order valence-electron chi connectivity index (χ0n) is 9.03. The summed E-state index contributed by atoms with van der Waals surface area (Å²) in [5.41, 5.74) is 1.71. The first kappa shape index (κ1) is 10.2. The van der Waals surface area contributed by atoms with Crippen LogP contribution in [-0.2, 0) is 4.74 Å². The monoisotopic (exact) mass is 205 g/mol. The van der Waals surface area contributed by atoms with Gasteiger partial charge in [0.2, 0.25) is 5.90 Å². The van der Waals surface area contributed by atoms with Gasteiger partial charge in [0.05, 0.1) is 6.61 Å². The van der Waals surface area contributed by atoms with Gasteiger partial charge >= 0.3 is 0 Å². The number of ether oxygens (including phenoxy) is 1. The number of hydrogen-bond donors (Lipinski definition) is 1. The fourth-order valence-corrected chi connectivity index (χ4v) is 1.46. The van der Waals surface area contributed by atoms with Crippen molar-refractivity contribution >= 4 is 5.90 Å². The van der Waals surface area contributed by atoms with Gasteiger partial charge in [-0.25, -0.2) is 4.99 Å². The van der Waals surface area contributed by atoms with Gasteiger partial charge < -0.3 is 9.84 Å². The molecule has 0 aromatic heterocycles. The summed E-state index contributed by atoms with van der Waals surface area (Å²) in [6.45, 7) is 4.39. The number of aliphatic hydroxyl groups excluding tert-OH is 1. The highest BCUT2D eigenvalue weighted by Gasteiger charge is 2.31. The molecule has 0 saturated carbocycles. The predicted molar refractivity (Wildman–Crippen MR) is 59.2 cm³/mol. The van der Waals surface area contributed by atoms with Gasteiger partial charge in [-0.05, 0) is 26.0 Å². The average Bonchev–Trinajstić information content (AvgIpc) is 2.63. The van der Waals surface area contributed by atoms with Crippen LogP contribution in [0.15, 0.2) is 29.3 Å². The summed E-state index contributed by atoms with van der Waals surface area (Å²) < 4.78 is 5.48. The molecule has 0 bridgehead atoms.